The monoisotopic (exact) mass is 305 g/mol. The predicted octanol–water partition coefficient (Wildman–Crippen LogP) is 2.34. The molecule has 1 aromatic carbocycles. The Balaban J connectivity index is 2.11. The van der Waals surface area contributed by atoms with Gasteiger partial charge >= 0.3 is 5.97 Å². The van der Waals surface area contributed by atoms with E-state index in [4.69, 9.17) is 9.84 Å². The molecule has 22 heavy (non-hydrogen) atoms. The molecule has 5 nitrogen and oxygen atoms in total. The fraction of sp³-hybridized carbons (Fsp3) is 0.529. The smallest absolute Gasteiger partial charge is 0.305 e. The number of ether oxygens (including phenoxy) is 1. The highest BCUT2D eigenvalue weighted by molar-refractivity contribution is 5.91. The van der Waals surface area contributed by atoms with Gasteiger partial charge < -0.3 is 15.2 Å². The van der Waals surface area contributed by atoms with E-state index in [9.17, 15) is 9.59 Å². The molecule has 5 heteroatoms. The third kappa shape index (κ3) is 3.40. The van der Waals surface area contributed by atoms with Gasteiger partial charge in [-0.1, -0.05) is 26.0 Å². The van der Waals surface area contributed by atoms with Gasteiger partial charge in [0, 0.05) is 6.04 Å². The zero-order valence-electron chi connectivity index (χ0n) is 13.3. The molecule has 0 bridgehead atoms. The molecule has 1 aliphatic rings. The Morgan fingerprint density at radius 2 is 1.86 bits per heavy atom. The Morgan fingerprint density at radius 3 is 2.27 bits per heavy atom. The van der Waals surface area contributed by atoms with Crippen LogP contribution in [0, 0.1) is 5.92 Å². The number of aliphatic carboxylic acids is 1. The number of carboxylic acid groups (broad SMARTS) is 1. The molecular formula is C17H23NO4. The zero-order chi connectivity index (χ0) is 16.3. The van der Waals surface area contributed by atoms with E-state index < -0.39 is 11.4 Å². The average molecular weight is 305 g/mol. The number of carbonyl (C=O) groups excluding carboxylic acids is 1. The quantitative estimate of drug-likeness (QED) is 0.811. The van der Waals surface area contributed by atoms with Crippen molar-refractivity contribution in [2.45, 2.75) is 44.6 Å². The highest BCUT2D eigenvalue weighted by atomic mass is 16.5. The molecule has 2 N–H and O–H groups in total. The first kappa shape index (κ1) is 16.3. The fourth-order valence-electron chi connectivity index (χ4n) is 2.63. The number of amides is 1. The SMILES string of the molecule is COc1ccc(C2(C(=O)NC(CC(=O)O)C(C)C)CC2)cc1. The molecule has 1 atom stereocenters. The van der Waals surface area contributed by atoms with Crippen molar-refractivity contribution in [3.63, 3.8) is 0 Å². The lowest BCUT2D eigenvalue weighted by Crippen LogP contribution is -2.45. The maximum Gasteiger partial charge on any atom is 0.305 e. The lowest BCUT2D eigenvalue weighted by molar-refractivity contribution is -0.138. The summed E-state index contributed by atoms with van der Waals surface area (Å²) in [4.78, 5) is 23.6. The van der Waals surface area contributed by atoms with Gasteiger partial charge in [0.2, 0.25) is 5.91 Å². The van der Waals surface area contributed by atoms with Gasteiger partial charge in [0.15, 0.2) is 0 Å². The van der Waals surface area contributed by atoms with E-state index >= 15 is 0 Å². The summed E-state index contributed by atoms with van der Waals surface area (Å²) < 4.78 is 5.14. The Labute approximate surface area is 130 Å². The third-order valence-corrected chi connectivity index (χ3v) is 4.34. The average Bonchev–Trinajstić information content (AvgIpc) is 3.27. The number of hydrogen-bond acceptors (Lipinski definition) is 3. The van der Waals surface area contributed by atoms with E-state index in [0.29, 0.717) is 0 Å². The van der Waals surface area contributed by atoms with Crippen molar-refractivity contribution in [3.8, 4) is 5.75 Å². The lowest BCUT2D eigenvalue weighted by atomic mass is 9.93. The van der Waals surface area contributed by atoms with Crippen LogP contribution in [0.4, 0.5) is 0 Å². The van der Waals surface area contributed by atoms with Gasteiger partial charge in [0.05, 0.1) is 18.9 Å². The highest BCUT2D eigenvalue weighted by Crippen LogP contribution is 2.48. The first-order chi connectivity index (χ1) is 10.4. The van der Waals surface area contributed by atoms with Crippen LogP contribution in [0.2, 0.25) is 0 Å². The molecule has 1 fully saturated rings. The summed E-state index contributed by atoms with van der Waals surface area (Å²) in [6, 6.07) is 7.17. The number of carboxylic acids is 1. The molecule has 0 radical (unpaired) electrons. The largest absolute Gasteiger partial charge is 0.497 e. The number of hydrogen-bond donors (Lipinski definition) is 2. The Bertz CT molecular complexity index is 546. The van der Waals surface area contributed by atoms with Crippen LogP contribution >= 0.6 is 0 Å². The topological polar surface area (TPSA) is 75.6 Å². The van der Waals surface area contributed by atoms with Gasteiger partial charge in [-0.25, -0.2) is 0 Å². The second-order valence-electron chi connectivity index (χ2n) is 6.23. The number of benzene rings is 1. The van der Waals surface area contributed by atoms with Gasteiger partial charge in [-0.15, -0.1) is 0 Å². The molecule has 0 saturated heterocycles. The standard InChI is InChI=1S/C17H23NO4/c1-11(2)14(10-15(19)20)18-16(21)17(8-9-17)12-4-6-13(22-3)7-5-12/h4-7,11,14H,8-10H2,1-3H3,(H,18,21)(H,19,20). The summed E-state index contributed by atoms with van der Waals surface area (Å²) in [5.74, 6) is -0.136. The molecule has 1 aliphatic carbocycles. The van der Waals surface area contributed by atoms with Gasteiger partial charge in [-0.3, -0.25) is 9.59 Å². The van der Waals surface area contributed by atoms with Gasteiger partial charge in [-0.2, -0.15) is 0 Å². The van der Waals surface area contributed by atoms with Crippen LogP contribution in [0.25, 0.3) is 0 Å². The van der Waals surface area contributed by atoms with Crippen LogP contribution in [0.1, 0.15) is 38.7 Å². The van der Waals surface area contributed by atoms with E-state index in [-0.39, 0.29) is 24.3 Å². The van der Waals surface area contributed by atoms with Gasteiger partial charge in [-0.05, 0) is 36.5 Å². The molecule has 1 amide bonds. The minimum atomic E-state index is -0.895. The minimum absolute atomic E-state index is 0.0535. The number of carbonyl (C=O) groups is 2. The summed E-state index contributed by atoms with van der Waals surface area (Å²) in [6.07, 6.45) is 1.54. The second kappa shape index (κ2) is 6.38. The van der Waals surface area contributed by atoms with Gasteiger partial charge in [0.25, 0.3) is 0 Å². The zero-order valence-corrected chi connectivity index (χ0v) is 13.3. The highest BCUT2D eigenvalue weighted by Gasteiger charge is 2.51. The Hall–Kier alpha value is -2.04. The maximum absolute atomic E-state index is 12.6. The molecule has 0 aliphatic heterocycles. The Morgan fingerprint density at radius 1 is 1.27 bits per heavy atom. The van der Waals surface area contributed by atoms with Crippen LogP contribution < -0.4 is 10.1 Å². The molecule has 1 unspecified atom stereocenters. The van der Waals surface area contributed by atoms with Crippen LogP contribution in [0.5, 0.6) is 5.75 Å². The predicted molar refractivity (Wildman–Crippen MR) is 82.9 cm³/mol. The summed E-state index contributed by atoms with van der Waals surface area (Å²) >= 11 is 0. The molecular weight excluding hydrogens is 282 g/mol. The molecule has 0 heterocycles. The normalized spacial score (nSPS) is 16.9. The summed E-state index contributed by atoms with van der Waals surface area (Å²) in [5.41, 5.74) is 0.460. The van der Waals surface area contributed by atoms with Crippen LogP contribution in [0.3, 0.4) is 0 Å². The third-order valence-electron chi connectivity index (χ3n) is 4.34. The van der Waals surface area contributed by atoms with Crippen molar-refractivity contribution in [2.24, 2.45) is 5.92 Å². The van der Waals surface area contributed by atoms with Crippen molar-refractivity contribution in [3.05, 3.63) is 29.8 Å². The van der Waals surface area contributed by atoms with Gasteiger partial charge in [0.1, 0.15) is 5.75 Å². The van der Waals surface area contributed by atoms with Crippen LogP contribution in [-0.4, -0.2) is 30.1 Å². The maximum atomic E-state index is 12.6. The lowest BCUT2D eigenvalue weighted by Gasteiger charge is -2.24. The van der Waals surface area contributed by atoms with Crippen LogP contribution in [0.15, 0.2) is 24.3 Å². The second-order valence-corrected chi connectivity index (χ2v) is 6.23. The van der Waals surface area contributed by atoms with Crippen LogP contribution in [-0.2, 0) is 15.0 Å². The van der Waals surface area contributed by atoms with E-state index in [0.717, 1.165) is 24.2 Å². The minimum Gasteiger partial charge on any atom is -0.497 e. The summed E-state index contributed by atoms with van der Waals surface area (Å²) in [6.45, 7) is 3.83. The van der Waals surface area contributed by atoms with Crippen molar-refractivity contribution in [1.29, 1.82) is 0 Å². The molecule has 120 valence electrons. The summed E-state index contributed by atoms with van der Waals surface area (Å²) in [7, 11) is 1.60. The molecule has 2 rings (SSSR count). The van der Waals surface area contributed by atoms with Crippen molar-refractivity contribution in [1.82, 2.24) is 5.32 Å². The van der Waals surface area contributed by atoms with Crippen molar-refractivity contribution < 1.29 is 19.4 Å². The van der Waals surface area contributed by atoms with E-state index in [2.05, 4.69) is 5.32 Å². The first-order valence-corrected chi connectivity index (χ1v) is 7.56. The number of methoxy groups -OCH3 is 1. The van der Waals surface area contributed by atoms with E-state index in [1.165, 1.54) is 0 Å². The van der Waals surface area contributed by atoms with Crippen molar-refractivity contribution >= 4 is 11.9 Å². The number of rotatable bonds is 7. The summed E-state index contributed by atoms with van der Waals surface area (Å²) in [5, 5.41) is 11.9. The molecule has 0 aromatic heterocycles. The Kier molecular flexibility index (Phi) is 4.74. The molecule has 1 saturated carbocycles. The fourth-order valence-corrected chi connectivity index (χ4v) is 2.63. The van der Waals surface area contributed by atoms with E-state index in [1.54, 1.807) is 7.11 Å². The molecule has 0 spiro atoms. The first-order valence-electron chi connectivity index (χ1n) is 7.56. The van der Waals surface area contributed by atoms with E-state index in [1.807, 2.05) is 38.1 Å². The molecule has 1 aromatic rings. The number of nitrogens with one attached hydrogen (secondary N) is 1. The van der Waals surface area contributed by atoms with Crippen molar-refractivity contribution in [2.75, 3.05) is 7.11 Å².